The van der Waals surface area contributed by atoms with Gasteiger partial charge in [0.1, 0.15) is 0 Å². The van der Waals surface area contributed by atoms with Gasteiger partial charge in [-0.05, 0) is 29.7 Å². The van der Waals surface area contributed by atoms with Crippen molar-refractivity contribution in [1.82, 2.24) is 29.8 Å². The fraction of sp³-hybridized carbons (Fsp3) is 0.160. The highest BCUT2D eigenvalue weighted by Gasteiger charge is 2.18. The van der Waals surface area contributed by atoms with Gasteiger partial charge in [0.2, 0.25) is 0 Å². The molecule has 0 bridgehead atoms. The fourth-order valence-corrected chi connectivity index (χ4v) is 4.20. The molecule has 0 spiro atoms. The van der Waals surface area contributed by atoms with E-state index in [0.29, 0.717) is 17.5 Å². The van der Waals surface area contributed by atoms with E-state index in [2.05, 4.69) is 25.2 Å². The Bertz CT molecular complexity index is 1610. The number of aromatic amines is 1. The van der Waals surface area contributed by atoms with E-state index in [0.717, 1.165) is 44.6 Å². The lowest BCUT2D eigenvalue weighted by atomic mass is 9.96. The zero-order valence-electron chi connectivity index (χ0n) is 18.5. The highest BCUT2D eigenvalue weighted by Crippen LogP contribution is 2.40. The average Bonchev–Trinajstić information content (AvgIpc) is 3.44. The molecule has 0 saturated carbocycles. The molecule has 0 radical (unpaired) electrons. The summed E-state index contributed by atoms with van der Waals surface area (Å²) in [4.78, 5) is 16.0. The molecule has 1 N–H and O–H groups in total. The van der Waals surface area contributed by atoms with Gasteiger partial charge in [-0.25, -0.2) is 9.94 Å². The second-order valence-electron chi connectivity index (χ2n) is 7.89. The molecule has 5 aromatic rings. The third-order valence-corrected chi connectivity index (χ3v) is 5.86. The Morgan fingerprint density at radius 2 is 1.79 bits per heavy atom. The van der Waals surface area contributed by atoms with E-state index >= 15 is 0 Å². The molecule has 0 aliphatic rings. The molecule has 0 fully saturated rings. The second-order valence-corrected chi connectivity index (χ2v) is 7.89. The fourth-order valence-electron chi connectivity index (χ4n) is 4.20. The molecule has 8 heteroatoms. The number of nitrogens with zero attached hydrogens (tertiary/aromatic N) is 6. The van der Waals surface area contributed by atoms with Gasteiger partial charge in [-0.3, -0.25) is 14.2 Å². The molecule has 5 rings (SSSR count). The monoisotopic (exact) mass is 435 g/mol. The van der Waals surface area contributed by atoms with Crippen molar-refractivity contribution in [3.8, 4) is 33.5 Å². The summed E-state index contributed by atoms with van der Waals surface area (Å²) in [7, 11) is 3.75. The number of hydrogen-bond donors (Lipinski definition) is 1. The molecule has 2 aromatic carbocycles. The third kappa shape index (κ3) is 3.40. The zero-order valence-corrected chi connectivity index (χ0v) is 18.5. The molecule has 8 nitrogen and oxygen atoms in total. The number of aromatic nitrogens is 6. The van der Waals surface area contributed by atoms with Crippen molar-refractivity contribution in [2.75, 3.05) is 0 Å². The maximum absolute atomic E-state index is 12.3. The van der Waals surface area contributed by atoms with Crippen LogP contribution in [0.3, 0.4) is 0 Å². The number of H-pyrrole nitrogens is 1. The van der Waals surface area contributed by atoms with E-state index in [9.17, 15) is 4.79 Å². The predicted octanol–water partition coefficient (Wildman–Crippen LogP) is 4.50. The number of nitrogens with one attached hydrogen (secondary N) is 1. The van der Waals surface area contributed by atoms with Crippen LogP contribution in [0.2, 0.25) is 0 Å². The largest absolute Gasteiger partial charge is 0.275 e. The molecular weight excluding hydrogens is 414 g/mol. The Morgan fingerprint density at radius 1 is 0.970 bits per heavy atom. The minimum atomic E-state index is -0.209. The first-order valence-electron chi connectivity index (χ1n) is 10.5. The van der Waals surface area contributed by atoms with Crippen LogP contribution in [-0.4, -0.2) is 29.8 Å². The minimum Gasteiger partial charge on any atom is -0.275 e. The quantitative estimate of drug-likeness (QED) is 0.421. The van der Waals surface area contributed by atoms with E-state index in [1.165, 1.54) is 0 Å². The van der Waals surface area contributed by atoms with Gasteiger partial charge >= 0.3 is 0 Å². The molecule has 0 atom stereocenters. The highest BCUT2D eigenvalue weighted by molar-refractivity contribution is 5.94. The lowest BCUT2D eigenvalue weighted by Crippen LogP contribution is -2.10. The van der Waals surface area contributed by atoms with E-state index in [1.807, 2.05) is 63.6 Å². The smallest absolute Gasteiger partial charge is 0.272 e. The van der Waals surface area contributed by atoms with Crippen LogP contribution in [0.5, 0.6) is 0 Å². The summed E-state index contributed by atoms with van der Waals surface area (Å²) in [5.74, 6) is 0. The van der Waals surface area contributed by atoms with Gasteiger partial charge < -0.3 is 0 Å². The van der Waals surface area contributed by atoms with Crippen molar-refractivity contribution in [3.63, 3.8) is 0 Å². The first kappa shape index (κ1) is 20.4. The molecule has 3 heterocycles. The number of benzene rings is 2. The topological polar surface area (TPSA) is 85.8 Å². The Balaban J connectivity index is 1.73. The lowest BCUT2D eigenvalue weighted by molar-refractivity contribution is 0.768. The van der Waals surface area contributed by atoms with Crippen molar-refractivity contribution >= 4 is 16.5 Å². The Morgan fingerprint density at radius 3 is 2.52 bits per heavy atom. The summed E-state index contributed by atoms with van der Waals surface area (Å²) < 4.78 is 3.54. The predicted molar refractivity (Wildman–Crippen MR) is 128 cm³/mol. The van der Waals surface area contributed by atoms with Gasteiger partial charge in [0.25, 0.3) is 5.56 Å². The maximum atomic E-state index is 12.3. The summed E-state index contributed by atoms with van der Waals surface area (Å²) in [5.41, 5.74) is 6.54. The van der Waals surface area contributed by atoms with Crippen LogP contribution in [0.15, 0.2) is 59.8 Å². The summed E-state index contributed by atoms with van der Waals surface area (Å²) in [6.07, 6.45) is 6.25. The van der Waals surface area contributed by atoms with Crippen LogP contribution in [0, 0.1) is 6.57 Å². The van der Waals surface area contributed by atoms with Gasteiger partial charge in [0.05, 0.1) is 35.7 Å². The molecular formula is C25H21N7O. The van der Waals surface area contributed by atoms with Crippen molar-refractivity contribution in [2.45, 2.75) is 13.3 Å². The molecule has 0 unspecified atom stereocenters. The van der Waals surface area contributed by atoms with E-state index < -0.39 is 0 Å². The zero-order chi connectivity index (χ0) is 23.1. The van der Waals surface area contributed by atoms with E-state index in [4.69, 9.17) is 6.57 Å². The van der Waals surface area contributed by atoms with Gasteiger partial charge in [0, 0.05) is 42.4 Å². The van der Waals surface area contributed by atoms with Crippen LogP contribution < -0.4 is 5.56 Å². The van der Waals surface area contributed by atoms with Crippen LogP contribution in [0.4, 0.5) is 5.69 Å². The molecule has 0 aliphatic heterocycles. The molecule has 0 aliphatic carbocycles. The standard InChI is InChI=1S/C25H21N7O/c1-5-22-19-11-16(6-8-18(19)25(33)30-29-22)21-13-28-32(4)24(21)20-10-15(7-9-23(20)26-2)17-12-27-31(3)14-17/h6-14H,5H2,1,3-4H3,(H,30,33). The van der Waals surface area contributed by atoms with Gasteiger partial charge in [-0.15, -0.1) is 0 Å². The average molecular weight is 435 g/mol. The Labute approximate surface area is 189 Å². The minimum absolute atomic E-state index is 0.209. The van der Waals surface area contributed by atoms with Crippen LogP contribution in [0.1, 0.15) is 12.6 Å². The second kappa shape index (κ2) is 7.88. The lowest BCUT2D eigenvalue weighted by Gasteiger charge is -2.12. The molecule has 3 aromatic heterocycles. The van der Waals surface area contributed by atoms with Gasteiger partial charge in [-0.1, -0.05) is 31.2 Å². The van der Waals surface area contributed by atoms with Crippen LogP contribution in [-0.2, 0) is 20.5 Å². The summed E-state index contributed by atoms with van der Waals surface area (Å²) >= 11 is 0. The van der Waals surface area contributed by atoms with Crippen LogP contribution in [0.25, 0.3) is 49.1 Å². The summed E-state index contributed by atoms with van der Waals surface area (Å²) in [5, 5.41) is 17.0. The normalized spacial score (nSPS) is 11.1. The molecule has 33 heavy (non-hydrogen) atoms. The Hall–Kier alpha value is -4.51. The molecule has 0 saturated heterocycles. The SMILES string of the molecule is [C-]#[N+]c1ccc(-c2cnn(C)c2)cc1-c1c(-c2ccc3c(=O)[nH]nc(CC)c3c2)cnn1C. The van der Waals surface area contributed by atoms with Gasteiger partial charge in [0.15, 0.2) is 5.69 Å². The van der Waals surface area contributed by atoms with Crippen LogP contribution >= 0.6 is 0 Å². The van der Waals surface area contributed by atoms with Crippen molar-refractivity contribution in [3.05, 3.63) is 82.5 Å². The van der Waals surface area contributed by atoms with Crippen molar-refractivity contribution in [1.29, 1.82) is 0 Å². The number of fused-ring (bicyclic) bond motifs is 1. The Kier molecular flexibility index (Phi) is 4.87. The maximum Gasteiger partial charge on any atom is 0.272 e. The number of aryl methyl sites for hydroxylation is 3. The first-order valence-corrected chi connectivity index (χ1v) is 10.5. The highest BCUT2D eigenvalue weighted by atomic mass is 16.1. The number of rotatable bonds is 4. The van der Waals surface area contributed by atoms with Crippen molar-refractivity contribution < 1.29 is 0 Å². The summed E-state index contributed by atoms with van der Waals surface area (Å²) in [6.45, 7) is 9.74. The van der Waals surface area contributed by atoms with E-state index in [1.54, 1.807) is 21.8 Å². The van der Waals surface area contributed by atoms with Crippen molar-refractivity contribution in [2.24, 2.45) is 14.1 Å². The van der Waals surface area contributed by atoms with E-state index in [-0.39, 0.29) is 5.56 Å². The van der Waals surface area contributed by atoms with Gasteiger partial charge in [-0.2, -0.15) is 15.3 Å². The summed E-state index contributed by atoms with van der Waals surface area (Å²) in [6, 6.07) is 11.5. The third-order valence-electron chi connectivity index (χ3n) is 5.86. The molecule has 162 valence electrons. The number of hydrogen-bond acceptors (Lipinski definition) is 4. The molecule has 0 amide bonds. The first-order chi connectivity index (χ1) is 16.0.